The minimum atomic E-state index is 0.435. The summed E-state index contributed by atoms with van der Waals surface area (Å²) in [6, 6.07) is 9.57. The molecule has 0 unspecified atom stereocenters. The second-order valence-corrected chi connectivity index (χ2v) is 5.67. The smallest absolute Gasteiger partial charge is 0.127 e. The molecule has 0 bridgehead atoms. The Hall–Kier alpha value is -2.66. The highest BCUT2D eigenvalue weighted by Crippen LogP contribution is 2.27. The minimum absolute atomic E-state index is 0.435. The molecule has 0 spiro atoms. The predicted molar refractivity (Wildman–Crippen MR) is 94.2 cm³/mol. The van der Waals surface area contributed by atoms with E-state index in [2.05, 4.69) is 26.2 Å². The topological polar surface area (TPSA) is 69.1 Å². The fourth-order valence-corrected chi connectivity index (χ4v) is 2.65. The van der Waals surface area contributed by atoms with Gasteiger partial charge in [0.2, 0.25) is 0 Å². The average molecular weight is 326 g/mol. The highest BCUT2D eigenvalue weighted by molar-refractivity contribution is 6.30. The van der Waals surface area contributed by atoms with Crippen LogP contribution in [0.1, 0.15) is 11.3 Å². The number of anilines is 1. The molecule has 3 rings (SSSR count). The van der Waals surface area contributed by atoms with Crippen molar-refractivity contribution in [3.63, 3.8) is 0 Å². The van der Waals surface area contributed by atoms with Crippen molar-refractivity contribution in [3.8, 4) is 16.9 Å². The quantitative estimate of drug-likeness (QED) is 0.744. The average Bonchev–Trinajstić information content (AvgIpc) is 2.94. The van der Waals surface area contributed by atoms with Gasteiger partial charge in [0.1, 0.15) is 12.1 Å². The van der Waals surface area contributed by atoms with Crippen LogP contribution in [-0.2, 0) is 6.54 Å². The van der Waals surface area contributed by atoms with Crippen molar-refractivity contribution in [2.75, 3.05) is 5.73 Å². The van der Waals surface area contributed by atoms with Crippen LogP contribution in [0, 0.1) is 6.92 Å². The van der Waals surface area contributed by atoms with E-state index in [1.54, 1.807) is 6.07 Å². The lowest BCUT2D eigenvalue weighted by atomic mass is 10.2. The van der Waals surface area contributed by atoms with Gasteiger partial charge in [-0.2, -0.15) is 0 Å². The number of halogens is 1. The summed E-state index contributed by atoms with van der Waals surface area (Å²) in [7, 11) is 0. The maximum Gasteiger partial charge on any atom is 0.127 e. The van der Waals surface area contributed by atoms with Gasteiger partial charge in [0.25, 0.3) is 0 Å². The third-order valence-corrected chi connectivity index (χ3v) is 3.82. The molecule has 2 heterocycles. The standard InChI is InChI=1S/C17H16ClN5/c1-11-3-4-13(18)6-16(11)23-9-12(5-14(23)8-20-2)15-7-17(19)22-10-21-15/h3-7,9-10H,2,8H2,1H3,(H2,19,21,22). The van der Waals surface area contributed by atoms with Crippen LogP contribution in [0.25, 0.3) is 16.9 Å². The molecule has 2 aromatic heterocycles. The number of benzene rings is 1. The first-order chi connectivity index (χ1) is 11.1. The Bertz CT molecular complexity index is 869. The van der Waals surface area contributed by atoms with Gasteiger partial charge in [-0.3, -0.25) is 4.99 Å². The number of rotatable bonds is 4. The zero-order valence-electron chi connectivity index (χ0n) is 12.7. The van der Waals surface area contributed by atoms with Crippen LogP contribution in [0.2, 0.25) is 5.02 Å². The number of hydrogen-bond donors (Lipinski definition) is 1. The molecule has 0 aliphatic carbocycles. The normalized spacial score (nSPS) is 10.7. The van der Waals surface area contributed by atoms with Gasteiger partial charge in [0.05, 0.1) is 12.2 Å². The van der Waals surface area contributed by atoms with Crippen molar-refractivity contribution in [2.45, 2.75) is 13.5 Å². The third kappa shape index (κ3) is 3.10. The number of nitrogens with zero attached hydrogens (tertiary/aromatic N) is 4. The summed E-state index contributed by atoms with van der Waals surface area (Å²) in [4.78, 5) is 12.2. The number of nitrogen functional groups attached to an aromatic ring is 1. The molecule has 23 heavy (non-hydrogen) atoms. The fourth-order valence-electron chi connectivity index (χ4n) is 2.48. The number of nitrogens with two attached hydrogens (primary N) is 1. The molecule has 2 N–H and O–H groups in total. The molecule has 0 saturated carbocycles. The summed E-state index contributed by atoms with van der Waals surface area (Å²) >= 11 is 6.15. The molecule has 0 saturated heterocycles. The van der Waals surface area contributed by atoms with Gasteiger partial charge in [-0.25, -0.2) is 9.97 Å². The maximum absolute atomic E-state index is 6.15. The summed E-state index contributed by atoms with van der Waals surface area (Å²) < 4.78 is 2.06. The molecule has 3 aromatic rings. The SMILES string of the molecule is C=NCc1cc(-c2cc(N)ncn2)cn1-c1cc(Cl)ccc1C. The van der Waals surface area contributed by atoms with Crippen molar-refractivity contribution in [1.82, 2.24) is 14.5 Å². The second-order valence-electron chi connectivity index (χ2n) is 5.23. The van der Waals surface area contributed by atoms with E-state index < -0.39 is 0 Å². The number of aryl methyl sites for hydroxylation is 1. The first-order valence-electron chi connectivity index (χ1n) is 7.06. The monoisotopic (exact) mass is 325 g/mol. The number of aromatic nitrogens is 3. The molecular weight excluding hydrogens is 310 g/mol. The van der Waals surface area contributed by atoms with E-state index in [4.69, 9.17) is 17.3 Å². The summed E-state index contributed by atoms with van der Waals surface area (Å²) in [6.07, 6.45) is 3.46. The zero-order chi connectivity index (χ0) is 16.4. The molecule has 0 atom stereocenters. The first kappa shape index (κ1) is 15.2. The summed E-state index contributed by atoms with van der Waals surface area (Å²) in [5.74, 6) is 0.435. The van der Waals surface area contributed by atoms with Crippen molar-refractivity contribution in [1.29, 1.82) is 0 Å². The minimum Gasteiger partial charge on any atom is -0.384 e. The molecule has 116 valence electrons. The van der Waals surface area contributed by atoms with Crippen molar-refractivity contribution in [2.24, 2.45) is 4.99 Å². The Kier molecular flexibility index (Phi) is 4.12. The van der Waals surface area contributed by atoms with Crippen LogP contribution in [-0.4, -0.2) is 21.3 Å². The lowest BCUT2D eigenvalue weighted by Gasteiger charge is -2.11. The predicted octanol–water partition coefficient (Wildman–Crippen LogP) is 3.68. The lowest BCUT2D eigenvalue weighted by molar-refractivity contribution is 0.911. The van der Waals surface area contributed by atoms with E-state index >= 15 is 0 Å². The molecule has 0 radical (unpaired) electrons. The summed E-state index contributed by atoms with van der Waals surface area (Å²) in [5, 5.41) is 0.685. The molecule has 0 aliphatic heterocycles. The Morgan fingerprint density at radius 2 is 2.09 bits per heavy atom. The lowest BCUT2D eigenvalue weighted by Crippen LogP contribution is -2.00. The second kappa shape index (κ2) is 6.22. The van der Waals surface area contributed by atoms with Gasteiger partial charge < -0.3 is 10.3 Å². The maximum atomic E-state index is 6.15. The van der Waals surface area contributed by atoms with Gasteiger partial charge >= 0.3 is 0 Å². The molecule has 0 amide bonds. The number of aliphatic imine (C=N–C) groups is 1. The zero-order valence-corrected chi connectivity index (χ0v) is 13.5. The molecule has 1 aromatic carbocycles. The van der Waals surface area contributed by atoms with Crippen LogP contribution < -0.4 is 5.73 Å². The Labute approximate surface area is 139 Å². The van der Waals surface area contributed by atoms with Gasteiger partial charge in [-0.05, 0) is 37.4 Å². The van der Waals surface area contributed by atoms with Crippen LogP contribution in [0.4, 0.5) is 5.82 Å². The van der Waals surface area contributed by atoms with E-state index in [1.165, 1.54) is 6.33 Å². The summed E-state index contributed by atoms with van der Waals surface area (Å²) in [6.45, 7) is 6.13. The highest BCUT2D eigenvalue weighted by Gasteiger charge is 2.12. The van der Waals surface area contributed by atoms with Crippen molar-refractivity contribution >= 4 is 24.1 Å². The van der Waals surface area contributed by atoms with Crippen molar-refractivity contribution < 1.29 is 0 Å². The Morgan fingerprint density at radius 1 is 1.26 bits per heavy atom. The Balaban J connectivity index is 2.16. The third-order valence-electron chi connectivity index (χ3n) is 3.59. The largest absolute Gasteiger partial charge is 0.384 e. The molecule has 0 aliphatic rings. The highest BCUT2D eigenvalue weighted by atomic mass is 35.5. The van der Waals surface area contributed by atoms with Crippen LogP contribution in [0.3, 0.4) is 0 Å². The van der Waals surface area contributed by atoms with E-state index in [0.29, 0.717) is 17.4 Å². The van der Waals surface area contributed by atoms with E-state index in [-0.39, 0.29) is 0 Å². The van der Waals surface area contributed by atoms with Gasteiger partial charge in [-0.15, -0.1) is 0 Å². The molecule has 5 nitrogen and oxygen atoms in total. The Morgan fingerprint density at radius 3 is 2.83 bits per heavy atom. The molecular formula is C17H16ClN5. The van der Waals surface area contributed by atoms with E-state index in [0.717, 1.165) is 28.2 Å². The van der Waals surface area contributed by atoms with Crippen LogP contribution in [0.5, 0.6) is 0 Å². The van der Waals surface area contributed by atoms with Gasteiger partial charge in [0.15, 0.2) is 0 Å². The molecule has 6 heteroatoms. The van der Waals surface area contributed by atoms with Crippen LogP contribution >= 0.6 is 11.6 Å². The van der Waals surface area contributed by atoms with E-state index in [1.807, 2.05) is 37.4 Å². The van der Waals surface area contributed by atoms with Gasteiger partial charge in [-0.1, -0.05) is 17.7 Å². The van der Waals surface area contributed by atoms with Crippen LogP contribution in [0.15, 0.2) is 47.8 Å². The molecule has 0 fully saturated rings. The van der Waals surface area contributed by atoms with E-state index in [9.17, 15) is 0 Å². The number of hydrogen-bond acceptors (Lipinski definition) is 4. The van der Waals surface area contributed by atoms with Gasteiger partial charge in [0, 0.05) is 34.2 Å². The first-order valence-corrected chi connectivity index (χ1v) is 7.44. The van der Waals surface area contributed by atoms with Crippen molar-refractivity contribution in [3.05, 3.63) is 59.1 Å². The fraction of sp³-hybridized carbons (Fsp3) is 0.118. The summed E-state index contributed by atoms with van der Waals surface area (Å²) in [5.41, 5.74) is 10.6.